The standard InChI is InChI=1S/C18H22O6S2.2K/c1-3-17(13-5-9-15(10-6-13)25(19,20)21)18(4-2)14-7-11-16(12-8-14)26(22,23)24;;/h5-12,17-18H,3-4H2,1-2H3,(H,19,20,21)(H,22,23,24);;/q;2*+1/p-2. The van der Waals surface area contributed by atoms with Gasteiger partial charge in [0.25, 0.3) is 0 Å². The molecule has 2 atom stereocenters. The molecule has 142 valence electrons. The van der Waals surface area contributed by atoms with Crippen LogP contribution in [0.5, 0.6) is 0 Å². The van der Waals surface area contributed by atoms with Gasteiger partial charge in [-0.1, -0.05) is 38.1 Å². The van der Waals surface area contributed by atoms with Crippen LogP contribution in [0, 0.1) is 0 Å². The van der Waals surface area contributed by atoms with Crippen LogP contribution in [-0.2, 0) is 20.2 Å². The molecule has 2 aromatic rings. The van der Waals surface area contributed by atoms with Gasteiger partial charge in [-0.15, -0.1) is 0 Å². The minimum absolute atomic E-state index is 0. The van der Waals surface area contributed by atoms with E-state index in [-0.39, 0.29) is 124 Å². The van der Waals surface area contributed by atoms with Crippen LogP contribution >= 0.6 is 0 Å². The largest absolute Gasteiger partial charge is 1.00 e. The third kappa shape index (κ3) is 7.90. The zero-order chi connectivity index (χ0) is 19.5. The molecule has 10 heteroatoms. The Morgan fingerprint density at radius 2 is 0.893 bits per heavy atom. The van der Waals surface area contributed by atoms with Gasteiger partial charge in [0.1, 0.15) is 20.2 Å². The van der Waals surface area contributed by atoms with Gasteiger partial charge >= 0.3 is 103 Å². The van der Waals surface area contributed by atoms with Gasteiger partial charge in [-0.05, 0) is 60.1 Å². The maximum absolute atomic E-state index is 11.1. The molecule has 0 aliphatic rings. The van der Waals surface area contributed by atoms with Crippen LogP contribution in [0.4, 0.5) is 0 Å². The molecular formula is C18H20K2O6S2. The van der Waals surface area contributed by atoms with Gasteiger partial charge in [-0.25, -0.2) is 16.8 Å². The van der Waals surface area contributed by atoms with Gasteiger partial charge in [0.2, 0.25) is 0 Å². The summed E-state index contributed by atoms with van der Waals surface area (Å²) in [6, 6.07) is 11.8. The molecule has 28 heavy (non-hydrogen) atoms. The second kappa shape index (κ2) is 12.5. The Balaban J connectivity index is 0.00000364. The molecule has 0 bridgehead atoms. The van der Waals surface area contributed by atoms with Crippen LogP contribution in [0.3, 0.4) is 0 Å². The molecular weight excluding hydrogens is 455 g/mol. The molecule has 0 aliphatic carbocycles. The summed E-state index contributed by atoms with van der Waals surface area (Å²) in [5.41, 5.74) is 1.79. The first-order valence-corrected chi connectivity index (χ1v) is 11.0. The SMILES string of the molecule is CCC(c1ccc(S(=O)(=O)[O-])cc1)C(CC)c1ccc(S(=O)(=O)[O-])cc1.[K+].[K+]. The maximum atomic E-state index is 11.1. The number of hydrogen-bond acceptors (Lipinski definition) is 6. The average Bonchev–Trinajstić information content (AvgIpc) is 2.58. The summed E-state index contributed by atoms with van der Waals surface area (Å²) in [6.07, 6.45) is 1.53. The van der Waals surface area contributed by atoms with Crippen molar-refractivity contribution in [2.24, 2.45) is 0 Å². The number of benzene rings is 2. The van der Waals surface area contributed by atoms with Crippen molar-refractivity contribution in [1.29, 1.82) is 0 Å². The summed E-state index contributed by atoms with van der Waals surface area (Å²) in [4.78, 5) is -0.539. The van der Waals surface area contributed by atoms with Crippen molar-refractivity contribution in [3.05, 3.63) is 59.7 Å². The molecule has 2 unspecified atom stereocenters. The Bertz CT molecular complexity index is 875. The normalized spacial score (nSPS) is 13.7. The third-order valence-corrected chi connectivity index (χ3v) is 6.26. The van der Waals surface area contributed by atoms with Crippen molar-refractivity contribution in [2.75, 3.05) is 0 Å². The molecule has 0 aromatic heterocycles. The Morgan fingerprint density at radius 1 is 0.643 bits per heavy atom. The van der Waals surface area contributed by atoms with Crippen molar-refractivity contribution < 1.29 is 129 Å². The fourth-order valence-corrected chi connectivity index (χ4v) is 4.21. The second-order valence-corrected chi connectivity index (χ2v) is 8.84. The minimum atomic E-state index is -4.49. The average molecular weight is 475 g/mol. The van der Waals surface area contributed by atoms with E-state index >= 15 is 0 Å². The smallest absolute Gasteiger partial charge is 0.744 e. The van der Waals surface area contributed by atoms with E-state index in [0.717, 1.165) is 24.0 Å². The van der Waals surface area contributed by atoms with E-state index in [0.29, 0.717) is 0 Å². The summed E-state index contributed by atoms with van der Waals surface area (Å²) in [7, 11) is -8.97. The minimum Gasteiger partial charge on any atom is -0.744 e. The van der Waals surface area contributed by atoms with Gasteiger partial charge in [0.05, 0.1) is 9.79 Å². The van der Waals surface area contributed by atoms with Crippen molar-refractivity contribution >= 4 is 20.2 Å². The maximum Gasteiger partial charge on any atom is 1.00 e. The summed E-state index contributed by atoms with van der Waals surface area (Å²) in [5, 5.41) is 0. The molecule has 2 rings (SSSR count). The van der Waals surface area contributed by atoms with Crippen molar-refractivity contribution in [2.45, 2.75) is 48.3 Å². The first kappa shape index (κ1) is 29.5. The predicted octanol–water partition coefficient (Wildman–Crippen LogP) is -2.81. The van der Waals surface area contributed by atoms with Crippen molar-refractivity contribution in [1.82, 2.24) is 0 Å². The van der Waals surface area contributed by atoms with E-state index in [4.69, 9.17) is 0 Å². The fourth-order valence-electron chi connectivity index (χ4n) is 3.27. The summed E-state index contributed by atoms with van der Waals surface area (Å²) < 4.78 is 66.5. The van der Waals surface area contributed by atoms with Gasteiger partial charge < -0.3 is 9.11 Å². The van der Waals surface area contributed by atoms with Crippen molar-refractivity contribution in [3.8, 4) is 0 Å². The summed E-state index contributed by atoms with van der Waals surface area (Å²) in [6.45, 7) is 4.00. The van der Waals surface area contributed by atoms with Gasteiger partial charge in [-0.3, -0.25) is 0 Å². The Hall–Kier alpha value is 1.53. The van der Waals surface area contributed by atoms with E-state index in [2.05, 4.69) is 0 Å². The zero-order valence-electron chi connectivity index (χ0n) is 16.5. The molecule has 0 heterocycles. The quantitative estimate of drug-likeness (QED) is 0.316. The predicted molar refractivity (Wildman–Crippen MR) is 94.9 cm³/mol. The molecule has 0 N–H and O–H groups in total. The van der Waals surface area contributed by atoms with E-state index in [9.17, 15) is 25.9 Å². The van der Waals surface area contributed by atoms with Crippen LogP contribution in [-0.4, -0.2) is 25.9 Å². The molecule has 0 fully saturated rings. The molecule has 0 saturated carbocycles. The Morgan fingerprint density at radius 3 is 1.07 bits per heavy atom. The van der Waals surface area contributed by atoms with Crippen LogP contribution in [0.25, 0.3) is 0 Å². The monoisotopic (exact) mass is 474 g/mol. The molecule has 0 radical (unpaired) electrons. The molecule has 0 amide bonds. The van der Waals surface area contributed by atoms with Gasteiger partial charge in [-0.2, -0.15) is 0 Å². The van der Waals surface area contributed by atoms with Crippen LogP contribution < -0.4 is 103 Å². The molecule has 0 saturated heterocycles. The molecule has 0 spiro atoms. The molecule has 2 aromatic carbocycles. The van der Waals surface area contributed by atoms with Gasteiger partial charge in [0, 0.05) is 0 Å². The van der Waals surface area contributed by atoms with E-state index in [1.54, 1.807) is 24.3 Å². The van der Waals surface area contributed by atoms with E-state index in [1.807, 2.05) is 13.8 Å². The summed E-state index contributed by atoms with van der Waals surface area (Å²) in [5.74, 6) is 0.108. The van der Waals surface area contributed by atoms with Crippen LogP contribution in [0.1, 0.15) is 49.7 Å². The first-order valence-electron chi connectivity index (χ1n) is 8.19. The number of rotatable bonds is 7. The Kier molecular flexibility index (Phi) is 13.2. The first-order chi connectivity index (χ1) is 12.1. The topological polar surface area (TPSA) is 114 Å². The van der Waals surface area contributed by atoms with Gasteiger partial charge in [0.15, 0.2) is 0 Å². The fraction of sp³-hybridized carbons (Fsp3) is 0.333. The Labute approximate surface area is 252 Å². The van der Waals surface area contributed by atoms with Crippen molar-refractivity contribution in [3.63, 3.8) is 0 Å². The summed E-state index contributed by atoms with van der Waals surface area (Å²) >= 11 is 0. The van der Waals surface area contributed by atoms with Crippen LogP contribution in [0.15, 0.2) is 58.3 Å². The van der Waals surface area contributed by atoms with Crippen LogP contribution in [0.2, 0.25) is 0 Å². The second-order valence-electron chi connectivity index (χ2n) is 6.08. The zero-order valence-corrected chi connectivity index (χ0v) is 24.3. The third-order valence-electron chi connectivity index (χ3n) is 4.56. The number of hydrogen-bond donors (Lipinski definition) is 0. The van der Waals surface area contributed by atoms with E-state index in [1.165, 1.54) is 24.3 Å². The molecule has 0 aliphatic heterocycles. The molecule has 6 nitrogen and oxygen atoms in total. The van der Waals surface area contributed by atoms with E-state index < -0.39 is 20.2 Å².